The number of hydrogen-bond donors (Lipinski definition) is 1. The van der Waals surface area contributed by atoms with Crippen molar-refractivity contribution in [2.45, 2.75) is 5.66 Å². The van der Waals surface area contributed by atoms with Gasteiger partial charge in [0.25, 0.3) is 0 Å². The van der Waals surface area contributed by atoms with Crippen LogP contribution in [0.1, 0.15) is 16.7 Å². The maximum atomic E-state index is 4.61. The first-order valence-electron chi connectivity index (χ1n) is 10.2. The van der Waals surface area contributed by atoms with E-state index in [1.165, 1.54) is 5.56 Å². The smallest absolute Gasteiger partial charge is 0.175 e. The fraction of sp³-hybridized carbons (Fsp3) is 0.0370. The Balaban J connectivity index is 0.000000245. The molecular weight excluding hydrogens is 380 g/mol. The monoisotopic (exact) mass is 404 g/mol. The van der Waals surface area contributed by atoms with Gasteiger partial charge in [-0.15, -0.1) is 5.11 Å². The molecule has 4 aromatic carbocycles. The summed E-state index contributed by atoms with van der Waals surface area (Å²) in [6.07, 6.45) is 1.83. The summed E-state index contributed by atoms with van der Waals surface area (Å²) in [6, 6.07) is 40.3. The SMILES string of the molecule is C=Cc1ccccc1.c1ccc(N2N=NC(c3ccccc3)(c3ccccc3)N2)cc1. The average molecular weight is 405 g/mol. The molecule has 5 rings (SSSR count). The van der Waals surface area contributed by atoms with Gasteiger partial charge in [0.05, 0.1) is 5.69 Å². The molecule has 0 atom stereocenters. The summed E-state index contributed by atoms with van der Waals surface area (Å²) in [6.45, 7) is 3.63. The van der Waals surface area contributed by atoms with Crippen LogP contribution in [0.25, 0.3) is 6.08 Å². The van der Waals surface area contributed by atoms with Crippen molar-refractivity contribution in [1.29, 1.82) is 0 Å². The minimum atomic E-state index is -0.710. The van der Waals surface area contributed by atoms with Gasteiger partial charge in [0, 0.05) is 11.1 Å². The van der Waals surface area contributed by atoms with E-state index in [0.717, 1.165) is 16.8 Å². The van der Waals surface area contributed by atoms with Gasteiger partial charge in [-0.05, 0) is 17.7 Å². The van der Waals surface area contributed by atoms with Gasteiger partial charge in [0.15, 0.2) is 0 Å². The first-order valence-corrected chi connectivity index (χ1v) is 10.2. The van der Waals surface area contributed by atoms with E-state index in [4.69, 9.17) is 0 Å². The molecule has 0 aliphatic carbocycles. The summed E-state index contributed by atoms with van der Waals surface area (Å²) in [5.41, 5.74) is 6.96. The molecule has 0 radical (unpaired) electrons. The van der Waals surface area contributed by atoms with Gasteiger partial charge < -0.3 is 0 Å². The number of anilines is 1. The van der Waals surface area contributed by atoms with Crippen molar-refractivity contribution in [3.8, 4) is 0 Å². The van der Waals surface area contributed by atoms with Crippen LogP contribution >= 0.6 is 0 Å². The van der Waals surface area contributed by atoms with Gasteiger partial charge in [-0.25, -0.2) is 0 Å². The standard InChI is InChI=1S/C19H16N4.C8H8/c1-4-10-16(11-5-1)19(17-12-6-2-7-13-17)20-22-23(21-19)18-14-8-3-9-15-18;1-2-8-6-4-3-5-7-8/h1-15,21H;2-7H,1H2. The zero-order valence-corrected chi connectivity index (χ0v) is 17.2. The van der Waals surface area contributed by atoms with Crippen LogP contribution < -0.4 is 10.5 Å². The molecule has 0 spiro atoms. The van der Waals surface area contributed by atoms with Crippen LogP contribution in [0.2, 0.25) is 0 Å². The van der Waals surface area contributed by atoms with Crippen molar-refractivity contribution in [2.24, 2.45) is 10.3 Å². The van der Waals surface area contributed by atoms with Crippen molar-refractivity contribution in [1.82, 2.24) is 5.43 Å². The third-order valence-corrected chi connectivity index (χ3v) is 4.97. The number of benzene rings is 4. The highest BCUT2D eigenvalue weighted by Crippen LogP contribution is 2.36. The summed E-state index contributed by atoms with van der Waals surface area (Å²) in [5, 5.41) is 10.7. The van der Waals surface area contributed by atoms with Crippen LogP contribution in [0.4, 0.5) is 5.69 Å². The average Bonchev–Trinajstić information content (AvgIpc) is 3.33. The minimum absolute atomic E-state index is 0.710. The molecule has 0 saturated carbocycles. The third kappa shape index (κ3) is 4.60. The summed E-state index contributed by atoms with van der Waals surface area (Å²) in [5.74, 6) is 0. The lowest BCUT2D eigenvalue weighted by molar-refractivity contribution is 0.461. The molecule has 4 aromatic rings. The van der Waals surface area contributed by atoms with E-state index in [1.54, 1.807) is 5.12 Å². The molecule has 0 fully saturated rings. The molecule has 4 heteroatoms. The molecule has 0 bridgehead atoms. The number of nitrogens with zero attached hydrogens (tertiary/aromatic N) is 3. The molecule has 1 aliphatic heterocycles. The predicted molar refractivity (Wildman–Crippen MR) is 127 cm³/mol. The second-order valence-corrected chi connectivity index (χ2v) is 7.01. The first kappa shape index (κ1) is 20.3. The zero-order chi connectivity index (χ0) is 21.4. The highest BCUT2D eigenvalue weighted by atomic mass is 15.8. The maximum absolute atomic E-state index is 4.61. The zero-order valence-electron chi connectivity index (χ0n) is 17.2. The Hall–Kier alpha value is -4.02. The number of rotatable bonds is 4. The second kappa shape index (κ2) is 9.65. The molecule has 152 valence electrons. The normalized spacial score (nSPS) is 13.9. The number of nitrogens with one attached hydrogen (secondary N) is 1. The van der Waals surface area contributed by atoms with Gasteiger partial charge in [-0.1, -0.05) is 127 Å². The Kier molecular flexibility index (Phi) is 6.31. The highest BCUT2D eigenvalue weighted by Gasteiger charge is 2.40. The van der Waals surface area contributed by atoms with Gasteiger partial charge >= 0.3 is 0 Å². The molecule has 1 aliphatic rings. The largest absolute Gasteiger partial charge is 0.203 e. The first-order chi connectivity index (χ1) is 15.3. The number of hydrogen-bond acceptors (Lipinski definition) is 4. The molecular formula is C27H24N4. The van der Waals surface area contributed by atoms with Crippen LogP contribution in [-0.2, 0) is 5.66 Å². The van der Waals surface area contributed by atoms with E-state index in [9.17, 15) is 0 Å². The Morgan fingerprint density at radius 1 is 0.645 bits per heavy atom. The molecule has 0 unspecified atom stereocenters. The number of hydrazine groups is 1. The molecule has 1 N–H and O–H groups in total. The highest BCUT2D eigenvalue weighted by molar-refractivity contribution is 5.48. The fourth-order valence-corrected chi connectivity index (χ4v) is 3.35. The van der Waals surface area contributed by atoms with Gasteiger partial charge in [-0.3, -0.25) is 0 Å². The third-order valence-electron chi connectivity index (χ3n) is 4.97. The van der Waals surface area contributed by atoms with Crippen LogP contribution in [0.3, 0.4) is 0 Å². The Bertz CT molecular complexity index is 1070. The fourth-order valence-electron chi connectivity index (χ4n) is 3.35. The van der Waals surface area contributed by atoms with E-state index in [2.05, 4.69) is 46.6 Å². The van der Waals surface area contributed by atoms with E-state index >= 15 is 0 Å². The second-order valence-electron chi connectivity index (χ2n) is 7.01. The van der Waals surface area contributed by atoms with Crippen molar-refractivity contribution in [2.75, 3.05) is 5.12 Å². The number of para-hydroxylation sites is 1. The molecule has 4 nitrogen and oxygen atoms in total. The molecule has 0 saturated heterocycles. The maximum Gasteiger partial charge on any atom is 0.203 e. The van der Waals surface area contributed by atoms with Crippen LogP contribution in [0, 0.1) is 0 Å². The predicted octanol–water partition coefficient (Wildman–Crippen LogP) is 6.61. The van der Waals surface area contributed by atoms with Crippen LogP contribution in [-0.4, -0.2) is 0 Å². The van der Waals surface area contributed by atoms with Crippen molar-refractivity contribution < 1.29 is 0 Å². The lowest BCUT2D eigenvalue weighted by Gasteiger charge is -2.28. The van der Waals surface area contributed by atoms with Crippen molar-refractivity contribution in [3.05, 3.63) is 145 Å². The summed E-state index contributed by atoms with van der Waals surface area (Å²) in [7, 11) is 0. The minimum Gasteiger partial charge on any atom is -0.175 e. The van der Waals surface area contributed by atoms with Gasteiger partial charge in [0.2, 0.25) is 5.66 Å². The molecule has 1 heterocycles. The quantitative estimate of drug-likeness (QED) is 0.416. The van der Waals surface area contributed by atoms with E-state index in [1.807, 2.05) is 103 Å². The topological polar surface area (TPSA) is 40.0 Å². The Labute approximate surface area is 183 Å². The van der Waals surface area contributed by atoms with Crippen molar-refractivity contribution in [3.63, 3.8) is 0 Å². The molecule has 0 amide bonds. The summed E-state index contributed by atoms with van der Waals surface area (Å²) >= 11 is 0. The van der Waals surface area contributed by atoms with Crippen LogP contribution in [0.15, 0.2) is 138 Å². The molecule has 0 aromatic heterocycles. The lowest BCUT2D eigenvalue weighted by atomic mass is 9.92. The Morgan fingerprint density at radius 2 is 1.10 bits per heavy atom. The summed E-state index contributed by atoms with van der Waals surface area (Å²) in [4.78, 5) is 0. The Morgan fingerprint density at radius 3 is 1.55 bits per heavy atom. The molecule has 31 heavy (non-hydrogen) atoms. The summed E-state index contributed by atoms with van der Waals surface area (Å²) < 4.78 is 0. The van der Waals surface area contributed by atoms with Crippen molar-refractivity contribution >= 4 is 11.8 Å². The van der Waals surface area contributed by atoms with Gasteiger partial charge in [0.1, 0.15) is 0 Å². The van der Waals surface area contributed by atoms with Gasteiger partial charge in [-0.2, -0.15) is 10.5 Å². The van der Waals surface area contributed by atoms with E-state index in [0.29, 0.717) is 0 Å². The van der Waals surface area contributed by atoms with E-state index < -0.39 is 5.66 Å². The van der Waals surface area contributed by atoms with Crippen LogP contribution in [0.5, 0.6) is 0 Å². The lowest BCUT2D eigenvalue weighted by Crippen LogP contribution is -2.45. The van der Waals surface area contributed by atoms with E-state index in [-0.39, 0.29) is 0 Å².